The van der Waals surface area contributed by atoms with Gasteiger partial charge in [-0.2, -0.15) is 0 Å². The van der Waals surface area contributed by atoms with Crippen LogP contribution in [0.4, 0.5) is 0 Å². The van der Waals surface area contributed by atoms with Gasteiger partial charge in [0.2, 0.25) is 0 Å². The van der Waals surface area contributed by atoms with E-state index in [-0.39, 0.29) is 0 Å². The number of hydrogen-bond donors (Lipinski definition) is 0. The van der Waals surface area contributed by atoms with Gasteiger partial charge in [0, 0.05) is 10.8 Å². The van der Waals surface area contributed by atoms with Crippen molar-refractivity contribution in [3.05, 3.63) is 0 Å². The molecule has 0 aromatic rings. The normalized spacial score (nSPS) is 86.8. The second-order valence-electron chi connectivity index (χ2n) is 5.31. The van der Waals surface area contributed by atoms with Crippen LogP contribution in [0.25, 0.3) is 0 Å². The van der Waals surface area contributed by atoms with Gasteiger partial charge >= 0.3 is 0 Å². The van der Waals surface area contributed by atoms with Crippen LogP contribution in [0.5, 0.6) is 0 Å². The molecule has 0 heterocycles. The Kier molecular flexibility index (Phi) is 0.361. The zero-order chi connectivity index (χ0) is 7.88. The third kappa shape index (κ3) is 0.142. The zero-order valence-electron chi connectivity index (χ0n) is 6.62. The average molecular weight is 152 g/mol. The summed E-state index contributed by atoms with van der Waals surface area (Å²) < 4.78 is 0. The number of rotatable bonds is 0. The molecule has 6 fully saturated rings. The Morgan fingerprint density at radius 1 is 0.667 bits per heavy atom. The molecule has 0 saturated heterocycles. The fraction of sp³-hybridized carbons (Fsp3) is 0.667. The zero-order valence-corrected chi connectivity index (χ0v) is 6.62. The Hall–Kier alpha value is -0.880. The van der Waals surface area contributed by atoms with Gasteiger partial charge in [-0.25, -0.2) is 0 Å². The van der Waals surface area contributed by atoms with Crippen molar-refractivity contribution in [2.24, 2.45) is 46.3 Å². The highest BCUT2D eigenvalue weighted by Gasteiger charge is 3.09. The topological polar surface area (TPSA) is 0 Å². The first-order valence-corrected chi connectivity index (χ1v) is 4.81. The van der Waals surface area contributed by atoms with Crippen LogP contribution in [0.2, 0.25) is 0 Å². The van der Waals surface area contributed by atoms with Crippen molar-refractivity contribution >= 4 is 0 Å². The van der Waals surface area contributed by atoms with Crippen molar-refractivity contribution < 1.29 is 0 Å². The van der Waals surface area contributed by atoms with Gasteiger partial charge in [0.1, 0.15) is 0 Å². The summed E-state index contributed by atoms with van der Waals surface area (Å²) in [6.45, 7) is 0. The monoisotopic (exact) mass is 152 g/mol. The summed E-state index contributed by atoms with van der Waals surface area (Å²) >= 11 is 0. The van der Waals surface area contributed by atoms with Crippen LogP contribution in [0.15, 0.2) is 0 Å². The minimum atomic E-state index is 0.415. The highest BCUT2D eigenvalue weighted by Crippen LogP contribution is 3.09. The lowest BCUT2D eigenvalue weighted by Crippen LogP contribution is -3.09. The lowest BCUT2D eigenvalue weighted by molar-refractivity contribution is -0.624. The van der Waals surface area contributed by atoms with Crippen LogP contribution in [0.1, 0.15) is 0 Å². The minimum Gasteiger partial charge on any atom is -0.119 e. The van der Waals surface area contributed by atoms with Crippen molar-refractivity contribution in [1.82, 2.24) is 0 Å². The van der Waals surface area contributed by atoms with Gasteiger partial charge in [-0.1, -0.05) is 11.8 Å². The van der Waals surface area contributed by atoms with Gasteiger partial charge < -0.3 is 0 Å². The van der Waals surface area contributed by atoms with Gasteiger partial charge in [0.15, 0.2) is 0 Å². The largest absolute Gasteiger partial charge is 0.119 e. The Labute approximate surface area is 71.7 Å². The van der Waals surface area contributed by atoms with Gasteiger partial charge in [-0.05, 0) is 35.5 Å². The third-order valence-corrected chi connectivity index (χ3v) is 6.13. The maximum absolute atomic E-state index is 5.61. The van der Waals surface area contributed by atoms with E-state index in [0.717, 1.165) is 35.5 Å². The van der Waals surface area contributed by atoms with Crippen LogP contribution in [0, 0.1) is 71.0 Å². The molecular weight excluding hydrogens is 144 g/mol. The molecule has 6 aliphatic rings. The van der Waals surface area contributed by atoms with E-state index in [4.69, 9.17) is 12.8 Å². The van der Waals surface area contributed by atoms with Crippen molar-refractivity contribution in [1.29, 1.82) is 0 Å². The molecule has 0 aliphatic heterocycles. The predicted molar refractivity (Wildman–Crippen MR) is 43.5 cm³/mol. The first kappa shape index (κ1) is 4.98. The molecule has 0 nitrogen and oxygen atoms in total. The van der Waals surface area contributed by atoms with Crippen molar-refractivity contribution in [2.75, 3.05) is 0 Å². The number of terminal acetylenes is 2. The Morgan fingerprint density at radius 3 is 1.08 bits per heavy atom. The van der Waals surface area contributed by atoms with Crippen LogP contribution in [-0.4, -0.2) is 0 Å². The van der Waals surface area contributed by atoms with E-state index >= 15 is 0 Å². The van der Waals surface area contributed by atoms with Crippen molar-refractivity contribution in [2.45, 2.75) is 0 Å². The molecule has 6 saturated carbocycles. The second-order valence-corrected chi connectivity index (χ2v) is 5.31. The van der Waals surface area contributed by atoms with E-state index in [1.807, 2.05) is 0 Å². The lowest BCUT2D eigenvalue weighted by atomic mass is 8.92. The predicted octanol–water partition coefficient (Wildman–Crippen LogP) is 0.991. The van der Waals surface area contributed by atoms with Crippen LogP contribution in [-0.2, 0) is 0 Å². The summed E-state index contributed by atoms with van der Waals surface area (Å²) in [5, 5.41) is 0. The summed E-state index contributed by atoms with van der Waals surface area (Å²) in [4.78, 5) is 0. The molecule has 0 aromatic carbocycles. The van der Waals surface area contributed by atoms with Crippen molar-refractivity contribution in [3.8, 4) is 24.7 Å². The maximum Gasteiger partial charge on any atom is 0.0416 e. The van der Waals surface area contributed by atoms with E-state index < -0.39 is 0 Å². The van der Waals surface area contributed by atoms with Crippen LogP contribution >= 0.6 is 0 Å². The van der Waals surface area contributed by atoms with Crippen LogP contribution in [0.3, 0.4) is 0 Å². The molecule has 6 rings (SSSR count). The molecule has 0 unspecified atom stereocenters. The highest BCUT2D eigenvalue weighted by molar-refractivity contribution is 5.62. The van der Waals surface area contributed by atoms with E-state index in [9.17, 15) is 0 Å². The molecular formula is C12H8. The third-order valence-electron chi connectivity index (χ3n) is 6.13. The van der Waals surface area contributed by atoms with Gasteiger partial charge in [-0.3, -0.25) is 0 Å². The van der Waals surface area contributed by atoms with Gasteiger partial charge in [0.05, 0.1) is 0 Å². The fourth-order valence-electron chi connectivity index (χ4n) is 6.10. The maximum atomic E-state index is 5.61. The average Bonchev–Trinajstić information content (AvgIpc) is 2.17. The SMILES string of the molecule is C#CC12C3C4C1C1C2C3C41C#C. The Balaban J connectivity index is 1.78. The van der Waals surface area contributed by atoms with Crippen molar-refractivity contribution in [3.63, 3.8) is 0 Å². The molecule has 0 atom stereocenters. The molecule has 0 N–H and O–H groups in total. The molecule has 56 valence electrons. The first-order chi connectivity index (χ1) is 5.85. The first-order valence-electron chi connectivity index (χ1n) is 4.81. The molecule has 0 aromatic heterocycles. The van der Waals surface area contributed by atoms with E-state index in [1.54, 1.807) is 0 Å². The highest BCUT2D eigenvalue weighted by atomic mass is 15.1. The Bertz CT molecular complexity index is 332. The second kappa shape index (κ2) is 0.869. The smallest absolute Gasteiger partial charge is 0.0416 e. The van der Waals surface area contributed by atoms with E-state index in [2.05, 4.69) is 11.8 Å². The minimum absolute atomic E-state index is 0.415. The molecule has 0 radical (unpaired) electrons. The molecule has 0 amide bonds. The quantitative estimate of drug-likeness (QED) is 0.454. The fourth-order valence-corrected chi connectivity index (χ4v) is 6.10. The summed E-state index contributed by atoms with van der Waals surface area (Å²) in [6, 6.07) is 0. The van der Waals surface area contributed by atoms with Crippen LogP contribution < -0.4 is 0 Å². The Morgan fingerprint density at radius 2 is 0.917 bits per heavy atom. The summed E-state index contributed by atoms with van der Waals surface area (Å²) in [7, 11) is 0. The lowest BCUT2D eigenvalue weighted by Gasteiger charge is -3.09. The van der Waals surface area contributed by atoms with Gasteiger partial charge in [0.25, 0.3) is 0 Å². The van der Waals surface area contributed by atoms with Gasteiger partial charge in [-0.15, -0.1) is 12.8 Å². The molecule has 12 heavy (non-hydrogen) atoms. The molecule has 0 bridgehead atoms. The number of hydrogen-bond acceptors (Lipinski definition) is 0. The standard InChI is InChI=1S/C12H8/c1-3-11-5-8-6(11)10-7(11)9(5)12(8,10)4-2/h1-2,5-10H. The summed E-state index contributed by atoms with van der Waals surface area (Å²) in [5.74, 6) is 11.5. The molecule has 6 aliphatic carbocycles. The molecule has 0 spiro atoms. The summed E-state index contributed by atoms with van der Waals surface area (Å²) in [5.41, 5.74) is 0.831. The molecule has 0 heteroatoms. The van der Waals surface area contributed by atoms with E-state index in [1.165, 1.54) is 0 Å². The summed E-state index contributed by atoms with van der Waals surface area (Å²) in [6.07, 6.45) is 11.2. The van der Waals surface area contributed by atoms with E-state index in [0.29, 0.717) is 10.8 Å².